The summed E-state index contributed by atoms with van der Waals surface area (Å²) >= 11 is 0. The van der Waals surface area contributed by atoms with Crippen molar-refractivity contribution in [3.8, 4) is 0 Å². The molecule has 0 amide bonds. The average molecular weight is 256 g/mol. The zero-order valence-corrected chi connectivity index (χ0v) is 12.2. The van der Waals surface area contributed by atoms with Gasteiger partial charge in [-0.2, -0.15) is 0 Å². The highest BCUT2D eigenvalue weighted by atomic mass is 14.9. The van der Waals surface area contributed by atoms with Crippen LogP contribution in [0, 0.1) is 5.92 Å². The number of fused-ring (bicyclic) bond motifs is 1. The van der Waals surface area contributed by atoms with E-state index in [1.54, 1.807) is 0 Å². The van der Waals surface area contributed by atoms with E-state index in [1.165, 1.54) is 22.9 Å². The average Bonchev–Trinajstić information content (AvgIpc) is 2.43. The van der Waals surface area contributed by atoms with Crippen molar-refractivity contribution in [2.45, 2.75) is 39.7 Å². The van der Waals surface area contributed by atoms with E-state index in [9.17, 15) is 0 Å². The number of rotatable bonds is 6. The highest BCUT2D eigenvalue weighted by molar-refractivity contribution is 5.84. The van der Waals surface area contributed by atoms with Crippen LogP contribution >= 0.6 is 0 Å². The van der Waals surface area contributed by atoms with Gasteiger partial charge in [-0.15, -0.1) is 0 Å². The van der Waals surface area contributed by atoms with Gasteiger partial charge in [-0.1, -0.05) is 45.0 Å². The van der Waals surface area contributed by atoms with Crippen LogP contribution in [0.1, 0.15) is 32.9 Å². The third-order valence-electron chi connectivity index (χ3n) is 3.63. The Balaban J connectivity index is 2.23. The normalized spacial score (nSPS) is 13.1. The maximum atomic E-state index is 4.60. The number of pyridine rings is 1. The van der Waals surface area contributed by atoms with Crippen LogP contribution in [0.25, 0.3) is 10.8 Å². The molecule has 1 heterocycles. The monoisotopic (exact) mass is 256 g/mol. The fourth-order valence-electron chi connectivity index (χ4n) is 2.43. The summed E-state index contributed by atoms with van der Waals surface area (Å²) in [4.78, 5) is 4.60. The highest BCUT2D eigenvalue weighted by Gasteiger charge is 2.15. The molecule has 0 bridgehead atoms. The maximum absolute atomic E-state index is 4.60. The standard InChI is InChI=1S/C17H24N2/c1-4-10-18-16(13(2)3)12-17-15-8-6-5-7-14(15)9-11-19-17/h5-9,11,13,16,18H,4,10,12H2,1-3H3. The second kappa shape index (κ2) is 6.67. The Morgan fingerprint density at radius 2 is 1.95 bits per heavy atom. The predicted molar refractivity (Wildman–Crippen MR) is 82.4 cm³/mol. The number of nitrogens with zero attached hydrogens (tertiary/aromatic N) is 1. The van der Waals surface area contributed by atoms with E-state index in [-0.39, 0.29) is 0 Å². The minimum absolute atomic E-state index is 0.498. The molecule has 0 aliphatic rings. The number of hydrogen-bond donors (Lipinski definition) is 1. The Kier molecular flexibility index (Phi) is 4.92. The van der Waals surface area contributed by atoms with Crippen LogP contribution in [0.2, 0.25) is 0 Å². The lowest BCUT2D eigenvalue weighted by molar-refractivity contribution is 0.395. The summed E-state index contributed by atoms with van der Waals surface area (Å²) in [6.45, 7) is 7.84. The van der Waals surface area contributed by atoms with E-state index in [2.05, 4.69) is 61.4 Å². The first-order valence-electron chi connectivity index (χ1n) is 7.28. The topological polar surface area (TPSA) is 24.9 Å². The van der Waals surface area contributed by atoms with Crippen molar-refractivity contribution >= 4 is 10.8 Å². The molecule has 1 N–H and O–H groups in total. The van der Waals surface area contributed by atoms with E-state index in [4.69, 9.17) is 0 Å². The molecule has 1 unspecified atom stereocenters. The fourth-order valence-corrected chi connectivity index (χ4v) is 2.43. The lowest BCUT2D eigenvalue weighted by Crippen LogP contribution is -2.36. The molecule has 2 nitrogen and oxygen atoms in total. The Hall–Kier alpha value is -1.41. The molecule has 102 valence electrons. The van der Waals surface area contributed by atoms with Gasteiger partial charge in [0.05, 0.1) is 0 Å². The van der Waals surface area contributed by atoms with Crippen molar-refractivity contribution in [3.63, 3.8) is 0 Å². The Bertz CT molecular complexity index is 514. The van der Waals surface area contributed by atoms with Gasteiger partial charge in [0.15, 0.2) is 0 Å². The van der Waals surface area contributed by atoms with E-state index in [1.807, 2.05) is 6.20 Å². The number of aromatic nitrogens is 1. The lowest BCUT2D eigenvalue weighted by atomic mass is 9.96. The summed E-state index contributed by atoms with van der Waals surface area (Å²) in [5, 5.41) is 6.21. The summed E-state index contributed by atoms with van der Waals surface area (Å²) in [5.74, 6) is 0.618. The quantitative estimate of drug-likeness (QED) is 0.850. The zero-order valence-electron chi connectivity index (χ0n) is 12.2. The third kappa shape index (κ3) is 3.54. The van der Waals surface area contributed by atoms with Gasteiger partial charge in [0.2, 0.25) is 0 Å². The van der Waals surface area contributed by atoms with Crippen LogP contribution in [0.3, 0.4) is 0 Å². The van der Waals surface area contributed by atoms with Crippen LogP contribution < -0.4 is 5.32 Å². The first kappa shape index (κ1) is 14.0. The third-order valence-corrected chi connectivity index (χ3v) is 3.63. The summed E-state index contributed by atoms with van der Waals surface area (Å²) in [6.07, 6.45) is 4.10. The van der Waals surface area contributed by atoms with E-state index in [0.29, 0.717) is 12.0 Å². The van der Waals surface area contributed by atoms with Crippen molar-refractivity contribution < 1.29 is 0 Å². The molecule has 1 aromatic carbocycles. The maximum Gasteiger partial charge on any atom is 0.0497 e. The van der Waals surface area contributed by atoms with Crippen LogP contribution in [0.5, 0.6) is 0 Å². The molecule has 0 fully saturated rings. The Morgan fingerprint density at radius 3 is 2.68 bits per heavy atom. The molecular weight excluding hydrogens is 232 g/mol. The predicted octanol–water partition coefficient (Wildman–Crippen LogP) is 3.80. The molecule has 2 rings (SSSR count). The molecule has 1 aromatic heterocycles. The lowest BCUT2D eigenvalue weighted by Gasteiger charge is -2.22. The molecule has 0 saturated carbocycles. The molecule has 2 aromatic rings. The molecule has 19 heavy (non-hydrogen) atoms. The number of nitrogens with one attached hydrogen (secondary N) is 1. The summed E-state index contributed by atoms with van der Waals surface area (Å²) < 4.78 is 0. The van der Waals surface area contributed by atoms with Crippen LogP contribution in [-0.4, -0.2) is 17.6 Å². The van der Waals surface area contributed by atoms with Gasteiger partial charge in [-0.05, 0) is 30.3 Å². The van der Waals surface area contributed by atoms with Crippen LogP contribution in [0.4, 0.5) is 0 Å². The molecular formula is C17H24N2. The minimum atomic E-state index is 0.498. The van der Waals surface area contributed by atoms with Gasteiger partial charge < -0.3 is 5.32 Å². The van der Waals surface area contributed by atoms with Crippen LogP contribution in [-0.2, 0) is 6.42 Å². The van der Waals surface area contributed by atoms with Crippen molar-refractivity contribution in [2.75, 3.05) is 6.54 Å². The Labute approximate surface area is 116 Å². The molecule has 0 spiro atoms. The SMILES string of the molecule is CCCNC(Cc1nccc2ccccc12)C(C)C. The Morgan fingerprint density at radius 1 is 1.16 bits per heavy atom. The first-order chi connectivity index (χ1) is 9.22. The summed E-state index contributed by atoms with van der Waals surface area (Å²) in [6, 6.07) is 11.1. The van der Waals surface area contributed by atoms with Gasteiger partial charge in [0.25, 0.3) is 0 Å². The molecule has 0 aliphatic carbocycles. The fraction of sp³-hybridized carbons (Fsp3) is 0.471. The second-order valence-corrected chi connectivity index (χ2v) is 5.49. The summed E-state index contributed by atoms with van der Waals surface area (Å²) in [7, 11) is 0. The van der Waals surface area contributed by atoms with Gasteiger partial charge in [0.1, 0.15) is 0 Å². The van der Waals surface area contributed by atoms with Crippen molar-refractivity contribution in [1.29, 1.82) is 0 Å². The van der Waals surface area contributed by atoms with Crippen LogP contribution in [0.15, 0.2) is 36.5 Å². The summed E-state index contributed by atoms with van der Waals surface area (Å²) in [5.41, 5.74) is 1.21. The first-order valence-corrected chi connectivity index (χ1v) is 7.28. The van der Waals surface area contributed by atoms with Gasteiger partial charge in [-0.25, -0.2) is 0 Å². The van der Waals surface area contributed by atoms with Gasteiger partial charge in [0, 0.05) is 29.7 Å². The number of benzene rings is 1. The van der Waals surface area contributed by atoms with E-state index in [0.717, 1.165) is 13.0 Å². The van der Waals surface area contributed by atoms with E-state index < -0.39 is 0 Å². The van der Waals surface area contributed by atoms with Crippen molar-refractivity contribution in [3.05, 3.63) is 42.2 Å². The zero-order chi connectivity index (χ0) is 13.7. The van der Waals surface area contributed by atoms with Crippen molar-refractivity contribution in [2.24, 2.45) is 5.92 Å². The van der Waals surface area contributed by atoms with E-state index >= 15 is 0 Å². The largest absolute Gasteiger partial charge is 0.313 e. The van der Waals surface area contributed by atoms with Crippen molar-refractivity contribution in [1.82, 2.24) is 10.3 Å². The highest BCUT2D eigenvalue weighted by Crippen LogP contribution is 2.19. The molecule has 1 atom stereocenters. The molecule has 0 radical (unpaired) electrons. The van der Waals surface area contributed by atoms with Gasteiger partial charge >= 0.3 is 0 Å². The molecule has 0 aliphatic heterocycles. The number of hydrogen-bond acceptors (Lipinski definition) is 2. The molecule has 0 saturated heterocycles. The second-order valence-electron chi connectivity index (χ2n) is 5.49. The minimum Gasteiger partial charge on any atom is -0.313 e. The van der Waals surface area contributed by atoms with Gasteiger partial charge in [-0.3, -0.25) is 4.98 Å². The molecule has 2 heteroatoms. The smallest absolute Gasteiger partial charge is 0.0497 e.